The zero-order valence-corrected chi connectivity index (χ0v) is 25.5. The fourth-order valence-electron chi connectivity index (χ4n) is 5.13. The van der Waals surface area contributed by atoms with Crippen LogP contribution >= 0.6 is 0 Å². The summed E-state index contributed by atoms with van der Waals surface area (Å²) >= 11 is 0. The Morgan fingerprint density at radius 2 is 1.04 bits per heavy atom. The van der Waals surface area contributed by atoms with Gasteiger partial charge in [-0.05, 0) is 30.2 Å². The number of para-hydroxylation sites is 1. The Balaban J connectivity index is 2.38. The van der Waals surface area contributed by atoms with E-state index in [9.17, 15) is 49.1 Å². The first-order chi connectivity index (χ1) is 23.0. The molecule has 18 heteroatoms. The van der Waals surface area contributed by atoms with Crippen molar-refractivity contribution in [1.82, 2.24) is 5.32 Å². The van der Waals surface area contributed by atoms with Gasteiger partial charge in [0, 0.05) is 12.1 Å². The summed E-state index contributed by atoms with van der Waals surface area (Å²) in [4.78, 5) is 25.9. The zero-order valence-electron chi connectivity index (χ0n) is 25.5. The predicted molar refractivity (Wildman–Crippen MR) is 153 cm³/mol. The van der Waals surface area contributed by atoms with Crippen molar-refractivity contribution in [1.29, 1.82) is 0 Å². The summed E-state index contributed by atoms with van der Waals surface area (Å²) < 4.78 is 191. The van der Waals surface area contributed by atoms with E-state index >= 15 is 17.6 Å². The molecule has 3 rings (SSSR count). The highest BCUT2D eigenvalue weighted by Crippen LogP contribution is 2.62. The molecule has 0 aliphatic heterocycles. The normalized spacial score (nSPS) is 14.1. The lowest BCUT2D eigenvalue weighted by molar-refractivity contribution is -0.440. The maximum atomic E-state index is 16.0. The summed E-state index contributed by atoms with van der Waals surface area (Å²) in [5.74, 6) is -40.9. The lowest BCUT2D eigenvalue weighted by atomic mass is 9.64. The van der Waals surface area contributed by atoms with E-state index in [2.05, 4.69) is 5.32 Å². The molecule has 0 aliphatic carbocycles. The topological polar surface area (TPSA) is 67.4 Å². The quantitative estimate of drug-likeness (QED) is 0.122. The summed E-state index contributed by atoms with van der Waals surface area (Å²) in [5, 5.41) is 4.56. The molecule has 1 atom stereocenters. The van der Waals surface area contributed by atoms with Gasteiger partial charge in [0.15, 0.2) is 0 Å². The molecule has 0 saturated carbocycles. The zero-order chi connectivity index (χ0) is 37.8. The fourth-order valence-corrected chi connectivity index (χ4v) is 5.13. The summed E-state index contributed by atoms with van der Waals surface area (Å²) in [6.45, 7) is 0.246. The number of ether oxygens (including phenoxy) is 1. The van der Waals surface area contributed by atoms with Crippen molar-refractivity contribution in [2.75, 3.05) is 18.5 Å². The van der Waals surface area contributed by atoms with Gasteiger partial charge in [0.25, 0.3) is 0 Å². The van der Waals surface area contributed by atoms with Crippen LogP contribution in [0.4, 0.5) is 62.8 Å². The number of amides is 1. The molecule has 0 heterocycles. The van der Waals surface area contributed by atoms with Crippen LogP contribution in [0, 0.1) is 0 Å². The number of rotatable bonds is 15. The van der Waals surface area contributed by atoms with E-state index in [0.717, 1.165) is 48.5 Å². The Kier molecular flexibility index (Phi) is 11.5. The molecule has 0 saturated heterocycles. The third-order valence-corrected chi connectivity index (χ3v) is 7.63. The molecule has 1 amide bonds. The Labute approximate surface area is 275 Å². The molecule has 0 spiro atoms. The van der Waals surface area contributed by atoms with Crippen molar-refractivity contribution in [3.8, 4) is 0 Å². The number of hydrogen-bond donors (Lipinski definition) is 2. The van der Waals surface area contributed by atoms with E-state index in [4.69, 9.17) is 4.74 Å². The standard InChI is InChI=1S/C32H27F13N2O3/c1-2-50-23(48)18-46-25(49)24(47-22-16-10-5-11-17-22)26(20-12-6-3-7-13-20,21-14-8-4-9-15-21)19-27(33,34)28(35,36)29(37,38)30(39,40)31(41,42)32(43,44)45/h3-17,24,47H,2,18-19H2,1H3,(H,46,49). The number of nitrogens with one attached hydrogen (secondary N) is 2. The van der Waals surface area contributed by atoms with Crippen LogP contribution in [0.2, 0.25) is 0 Å². The van der Waals surface area contributed by atoms with Gasteiger partial charge in [-0.2, -0.15) is 57.1 Å². The third-order valence-electron chi connectivity index (χ3n) is 7.63. The molecule has 3 aromatic rings. The van der Waals surface area contributed by atoms with E-state index in [-0.39, 0.29) is 12.3 Å². The second kappa shape index (κ2) is 14.4. The summed E-state index contributed by atoms with van der Waals surface area (Å²) in [6, 6.07) is 15.2. The predicted octanol–water partition coefficient (Wildman–Crippen LogP) is 8.26. The third kappa shape index (κ3) is 7.19. The molecule has 274 valence electrons. The second-order valence-electron chi connectivity index (χ2n) is 10.8. The summed E-state index contributed by atoms with van der Waals surface area (Å²) in [7, 11) is 0. The number of anilines is 1. The minimum absolute atomic E-state index is 0.100. The number of halogens is 13. The highest BCUT2D eigenvalue weighted by Gasteiger charge is 2.91. The maximum absolute atomic E-state index is 16.0. The van der Waals surface area contributed by atoms with Gasteiger partial charge < -0.3 is 15.4 Å². The van der Waals surface area contributed by atoms with Crippen molar-refractivity contribution < 1.29 is 71.4 Å². The van der Waals surface area contributed by atoms with E-state index in [0.29, 0.717) is 0 Å². The molecule has 0 fully saturated rings. The number of carbonyl (C=O) groups is 2. The van der Waals surface area contributed by atoms with Crippen LogP contribution in [0.25, 0.3) is 0 Å². The Bertz CT molecular complexity index is 1550. The molecule has 0 aliphatic rings. The summed E-state index contributed by atoms with van der Waals surface area (Å²) in [6.07, 6.45) is -10.4. The molecule has 0 radical (unpaired) electrons. The SMILES string of the molecule is CCOC(=O)CNC(=O)C(Nc1ccccc1)C(CC(F)(F)C(F)(F)C(F)(F)C(F)(F)C(F)(F)C(F)(F)F)(c1ccccc1)c1ccccc1. The second-order valence-corrected chi connectivity index (χ2v) is 10.8. The van der Waals surface area contributed by atoms with Gasteiger partial charge in [-0.3, -0.25) is 9.59 Å². The van der Waals surface area contributed by atoms with Gasteiger partial charge in [-0.25, -0.2) is 0 Å². The van der Waals surface area contributed by atoms with Crippen molar-refractivity contribution in [3.63, 3.8) is 0 Å². The van der Waals surface area contributed by atoms with E-state index in [1.807, 2.05) is 5.32 Å². The smallest absolute Gasteiger partial charge is 0.460 e. The molecule has 3 aromatic carbocycles. The molecule has 50 heavy (non-hydrogen) atoms. The fraction of sp³-hybridized carbons (Fsp3) is 0.375. The van der Waals surface area contributed by atoms with Crippen LogP contribution in [-0.2, 0) is 19.7 Å². The highest BCUT2D eigenvalue weighted by atomic mass is 19.4. The molecule has 1 unspecified atom stereocenters. The van der Waals surface area contributed by atoms with E-state index < -0.39 is 83.2 Å². The van der Waals surface area contributed by atoms with Gasteiger partial charge in [0.1, 0.15) is 12.6 Å². The van der Waals surface area contributed by atoms with Crippen LogP contribution in [0.15, 0.2) is 91.0 Å². The maximum Gasteiger partial charge on any atom is 0.460 e. The molecular weight excluding hydrogens is 707 g/mol. The first kappa shape index (κ1) is 39.9. The van der Waals surface area contributed by atoms with Gasteiger partial charge in [-0.15, -0.1) is 0 Å². The molecule has 0 bridgehead atoms. The van der Waals surface area contributed by atoms with Gasteiger partial charge in [0.05, 0.1) is 12.0 Å². The minimum atomic E-state index is -8.12. The van der Waals surface area contributed by atoms with Crippen LogP contribution in [-0.4, -0.2) is 66.9 Å². The van der Waals surface area contributed by atoms with Gasteiger partial charge in [0.2, 0.25) is 5.91 Å². The Morgan fingerprint density at radius 3 is 1.46 bits per heavy atom. The highest BCUT2D eigenvalue weighted by molar-refractivity contribution is 5.90. The van der Waals surface area contributed by atoms with Crippen LogP contribution in [0.3, 0.4) is 0 Å². The molecule has 2 N–H and O–H groups in total. The van der Waals surface area contributed by atoms with Crippen molar-refractivity contribution in [3.05, 3.63) is 102 Å². The first-order valence-corrected chi connectivity index (χ1v) is 14.3. The number of alkyl halides is 13. The Hall–Kier alpha value is -4.51. The number of hydrogen-bond acceptors (Lipinski definition) is 4. The Morgan fingerprint density at radius 1 is 0.620 bits per heavy atom. The largest absolute Gasteiger partial charge is 0.465 e. The van der Waals surface area contributed by atoms with Gasteiger partial charge >= 0.3 is 41.8 Å². The molecule has 0 aromatic heterocycles. The summed E-state index contributed by atoms with van der Waals surface area (Å²) in [5.41, 5.74) is -4.27. The van der Waals surface area contributed by atoms with Crippen LogP contribution in [0.5, 0.6) is 0 Å². The number of carbonyl (C=O) groups excluding carboxylic acids is 2. The lowest BCUT2D eigenvalue weighted by Crippen LogP contribution is -2.71. The van der Waals surface area contributed by atoms with Crippen LogP contribution in [0.1, 0.15) is 24.5 Å². The number of esters is 1. The van der Waals surface area contributed by atoms with Crippen molar-refractivity contribution >= 4 is 17.6 Å². The minimum Gasteiger partial charge on any atom is -0.465 e. The molecular formula is C32H27F13N2O3. The van der Waals surface area contributed by atoms with Gasteiger partial charge in [-0.1, -0.05) is 78.9 Å². The van der Waals surface area contributed by atoms with Crippen LogP contribution < -0.4 is 10.6 Å². The monoisotopic (exact) mass is 734 g/mol. The molecule has 5 nitrogen and oxygen atoms in total. The average Bonchev–Trinajstić information content (AvgIpc) is 3.05. The number of benzene rings is 3. The van der Waals surface area contributed by atoms with Crippen molar-refractivity contribution in [2.45, 2.75) is 60.6 Å². The van der Waals surface area contributed by atoms with E-state index in [1.165, 1.54) is 49.4 Å². The average molecular weight is 735 g/mol. The van der Waals surface area contributed by atoms with Crippen molar-refractivity contribution in [2.24, 2.45) is 0 Å². The van der Waals surface area contributed by atoms with E-state index in [1.54, 1.807) is 0 Å². The first-order valence-electron chi connectivity index (χ1n) is 14.3. The lowest BCUT2D eigenvalue weighted by Gasteiger charge is -2.46.